The molecule has 118 valence electrons. The molecule has 0 aromatic heterocycles. The van der Waals surface area contributed by atoms with Crippen LogP contribution in [0, 0.1) is 6.92 Å². The standard InChI is InChI=1S/C12H14F3NO4S/c1-7(6-11(17)18)16-21(19,20)10-5-3-4-9(8(10)2)12(13,14)15/h3-5,7,16H,6H2,1-2H3,(H,17,18). The fourth-order valence-electron chi connectivity index (χ4n) is 1.84. The SMILES string of the molecule is Cc1c(C(F)(F)F)cccc1S(=O)(=O)NC(C)CC(=O)O. The monoisotopic (exact) mass is 325 g/mol. The molecule has 0 saturated heterocycles. The number of carbonyl (C=O) groups is 1. The van der Waals surface area contributed by atoms with Crippen LogP contribution in [0.5, 0.6) is 0 Å². The highest BCUT2D eigenvalue weighted by atomic mass is 32.2. The van der Waals surface area contributed by atoms with E-state index in [1.54, 1.807) is 0 Å². The van der Waals surface area contributed by atoms with Crippen molar-refractivity contribution in [1.82, 2.24) is 4.72 Å². The van der Waals surface area contributed by atoms with Crippen LogP contribution in [0.1, 0.15) is 24.5 Å². The molecule has 0 bridgehead atoms. The van der Waals surface area contributed by atoms with Crippen LogP contribution in [0.4, 0.5) is 13.2 Å². The largest absolute Gasteiger partial charge is 0.481 e. The Kier molecular flexibility index (Phi) is 5.00. The highest BCUT2D eigenvalue weighted by Gasteiger charge is 2.34. The van der Waals surface area contributed by atoms with Gasteiger partial charge in [-0.3, -0.25) is 4.79 Å². The van der Waals surface area contributed by atoms with Crippen molar-refractivity contribution in [3.63, 3.8) is 0 Å². The van der Waals surface area contributed by atoms with Crippen LogP contribution in [0.25, 0.3) is 0 Å². The van der Waals surface area contributed by atoms with Gasteiger partial charge in [0.25, 0.3) is 0 Å². The summed E-state index contributed by atoms with van der Waals surface area (Å²) in [6.07, 6.45) is -5.14. The van der Waals surface area contributed by atoms with Crippen LogP contribution in [0.2, 0.25) is 0 Å². The zero-order valence-electron chi connectivity index (χ0n) is 11.2. The molecule has 0 aliphatic rings. The van der Waals surface area contributed by atoms with Crippen LogP contribution >= 0.6 is 0 Å². The van der Waals surface area contributed by atoms with Crippen LogP contribution in [-0.4, -0.2) is 25.5 Å². The lowest BCUT2D eigenvalue weighted by Gasteiger charge is -2.16. The van der Waals surface area contributed by atoms with Crippen molar-refractivity contribution >= 4 is 16.0 Å². The number of sulfonamides is 1. The second-order valence-corrected chi connectivity index (χ2v) is 6.23. The van der Waals surface area contributed by atoms with E-state index in [4.69, 9.17) is 5.11 Å². The van der Waals surface area contributed by atoms with Gasteiger partial charge in [0.1, 0.15) is 0 Å². The molecule has 0 saturated carbocycles. The molecule has 1 aromatic carbocycles. The number of rotatable bonds is 5. The van der Waals surface area contributed by atoms with Crippen molar-refractivity contribution in [2.24, 2.45) is 0 Å². The van der Waals surface area contributed by atoms with Crippen LogP contribution in [0.3, 0.4) is 0 Å². The first kappa shape index (κ1) is 17.4. The predicted molar refractivity (Wildman–Crippen MR) is 68.2 cm³/mol. The summed E-state index contributed by atoms with van der Waals surface area (Å²) in [6, 6.07) is 1.88. The molecule has 21 heavy (non-hydrogen) atoms. The van der Waals surface area contributed by atoms with E-state index >= 15 is 0 Å². The smallest absolute Gasteiger partial charge is 0.416 e. The third kappa shape index (κ3) is 4.43. The van der Waals surface area contributed by atoms with Gasteiger partial charge in [0, 0.05) is 6.04 Å². The van der Waals surface area contributed by atoms with Crippen molar-refractivity contribution in [1.29, 1.82) is 0 Å². The fourth-order valence-corrected chi connectivity index (χ4v) is 3.36. The van der Waals surface area contributed by atoms with Crippen LogP contribution < -0.4 is 4.72 Å². The van der Waals surface area contributed by atoms with E-state index in [0.717, 1.165) is 25.1 Å². The van der Waals surface area contributed by atoms with Crippen molar-refractivity contribution in [3.05, 3.63) is 29.3 Å². The van der Waals surface area contributed by atoms with Crippen LogP contribution in [-0.2, 0) is 21.0 Å². The minimum Gasteiger partial charge on any atom is -0.481 e. The first-order chi connectivity index (χ1) is 9.45. The van der Waals surface area contributed by atoms with E-state index in [9.17, 15) is 26.4 Å². The molecule has 0 amide bonds. The first-order valence-electron chi connectivity index (χ1n) is 5.86. The van der Waals surface area contributed by atoms with Gasteiger partial charge in [-0.1, -0.05) is 6.07 Å². The van der Waals surface area contributed by atoms with E-state index in [2.05, 4.69) is 0 Å². The number of carboxylic acid groups (broad SMARTS) is 1. The van der Waals surface area contributed by atoms with Gasteiger partial charge in [-0.15, -0.1) is 0 Å². The maximum atomic E-state index is 12.8. The molecule has 0 radical (unpaired) electrons. The minimum atomic E-state index is -4.66. The van der Waals surface area contributed by atoms with E-state index in [0.29, 0.717) is 0 Å². The molecule has 2 N–H and O–H groups in total. The molecule has 0 heterocycles. The number of hydrogen-bond donors (Lipinski definition) is 2. The Morgan fingerprint density at radius 1 is 1.38 bits per heavy atom. The maximum absolute atomic E-state index is 12.8. The molecule has 0 spiro atoms. The van der Waals surface area contributed by atoms with Gasteiger partial charge in [0.2, 0.25) is 10.0 Å². The summed E-state index contributed by atoms with van der Waals surface area (Å²) in [6.45, 7) is 2.37. The highest BCUT2D eigenvalue weighted by Crippen LogP contribution is 2.34. The summed E-state index contributed by atoms with van der Waals surface area (Å²) < 4.78 is 64.4. The molecule has 1 unspecified atom stereocenters. The van der Waals surface area contributed by atoms with Crippen LogP contribution in [0.15, 0.2) is 23.1 Å². The third-order valence-corrected chi connectivity index (χ3v) is 4.45. The third-order valence-electron chi connectivity index (χ3n) is 2.72. The minimum absolute atomic E-state index is 0.431. The van der Waals surface area contributed by atoms with Gasteiger partial charge < -0.3 is 5.11 Å². The molecule has 0 aliphatic carbocycles. The molecule has 5 nitrogen and oxygen atoms in total. The quantitative estimate of drug-likeness (QED) is 0.869. The molecule has 1 aromatic rings. The number of nitrogens with one attached hydrogen (secondary N) is 1. The molecule has 0 fully saturated rings. The van der Waals surface area contributed by atoms with Gasteiger partial charge >= 0.3 is 12.1 Å². The summed E-state index contributed by atoms with van der Waals surface area (Å²) in [5.41, 5.74) is -1.48. The van der Waals surface area contributed by atoms with Crippen molar-refractivity contribution in [3.8, 4) is 0 Å². The second-order valence-electron chi connectivity index (χ2n) is 4.55. The number of hydrogen-bond acceptors (Lipinski definition) is 3. The lowest BCUT2D eigenvalue weighted by atomic mass is 10.1. The summed E-state index contributed by atoms with van der Waals surface area (Å²) in [7, 11) is -4.23. The first-order valence-corrected chi connectivity index (χ1v) is 7.34. The van der Waals surface area contributed by atoms with E-state index in [-0.39, 0.29) is 0 Å². The van der Waals surface area contributed by atoms with Gasteiger partial charge in [-0.2, -0.15) is 13.2 Å². The van der Waals surface area contributed by atoms with Gasteiger partial charge in [0.15, 0.2) is 0 Å². The van der Waals surface area contributed by atoms with Crippen molar-refractivity contribution < 1.29 is 31.5 Å². The van der Waals surface area contributed by atoms with Crippen molar-refractivity contribution in [2.45, 2.75) is 37.4 Å². The number of carboxylic acids is 1. The van der Waals surface area contributed by atoms with Gasteiger partial charge in [0.05, 0.1) is 16.9 Å². The molecule has 9 heteroatoms. The summed E-state index contributed by atoms with van der Waals surface area (Å²) in [4.78, 5) is 9.98. The number of halogens is 3. The Bertz CT molecular complexity index is 640. The normalized spacial score (nSPS) is 14.0. The van der Waals surface area contributed by atoms with Crippen molar-refractivity contribution in [2.75, 3.05) is 0 Å². The number of alkyl halides is 3. The molecular formula is C12H14F3NO4S. The number of benzene rings is 1. The summed E-state index contributed by atoms with van der Waals surface area (Å²) >= 11 is 0. The highest BCUT2D eigenvalue weighted by molar-refractivity contribution is 7.89. The Balaban J connectivity index is 3.18. The Morgan fingerprint density at radius 3 is 2.43 bits per heavy atom. The zero-order valence-corrected chi connectivity index (χ0v) is 12.0. The van der Waals surface area contributed by atoms with Gasteiger partial charge in [-0.25, -0.2) is 13.1 Å². The molecular weight excluding hydrogens is 311 g/mol. The van der Waals surface area contributed by atoms with E-state index in [1.165, 1.54) is 6.92 Å². The lowest BCUT2D eigenvalue weighted by molar-refractivity contribution is -0.138. The summed E-state index contributed by atoms with van der Waals surface area (Å²) in [5, 5.41) is 8.57. The second kappa shape index (κ2) is 6.02. The molecule has 1 atom stereocenters. The van der Waals surface area contributed by atoms with E-state index < -0.39 is 50.7 Å². The average Bonchev–Trinajstić information content (AvgIpc) is 2.24. The lowest BCUT2D eigenvalue weighted by Crippen LogP contribution is -2.34. The Morgan fingerprint density at radius 2 is 1.95 bits per heavy atom. The Hall–Kier alpha value is -1.61. The zero-order chi connectivity index (χ0) is 16.4. The topological polar surface area (TPSA) is 83.5 Å². The van der Waals surface area contributed by atoms with Gasteiger partial charge in [-0.05, 0) is 31.5 Å². The Labute approximate surface area is 119 Å². The van der Waals surface area contributed by atoms with E-state index in [1.807, 2.05) is 4.72 Å². The summed E-state index contributed by atoms with van der Waals surface area (Å²) in [5.74, 6) is -1.22. The molecule has 0 aliphatic heterocycles. The average molecular weight is 325 g/mol. The fraction of sp³-hybridized carbons (Fsp3) is 0.417. The predicted octanol–water partition coefficient (Wildman–Crippen LogP) is 2.16. The molecule has 1 rings (SSSR count). The maximum Gasteiger partial charge on any atom is 0.416 e. The number of aliphatic carboxylic acids is 1.